The van der Waals surface area contributed by atoms with E-state index in [1.54, 1.807) is 6.07 Å². The van der Waals surface area contributed by atoms with E-state index >= 15 is 0 Å². The van der Waals surface area contributed by atoms with Crippen molar-refractivity contribution in [3.63, 3.8) is 0 Å². The Bertz CT molecular complexity index is 1160. The third kappa shape index (κ3) is 4.36. The number of nitrogens with one attached hydrogen (secondary N) is 1. The third-order valence-electron chi connectivity index (χ3n) is 6.90. The quantitative estimate of drug-likeness (QED) is 0.496. The number of furan rings is 1. The van der Waals surface area contributed by atoms with Gasteiger partial charge < -0.3 is 9.73 Å². The summed E-state index contributed by atoms with van der Waals surface area (Å²) in [4.78, 5) is 17.1. The highest BCUT2D eigenvalue weighted by Gasteiger charge is 2.37. The molecule has 4 rings (SSSR count). The second-order valence-corrected chi connectivity index (χ2v) is 10.7. The van der Waals surface area contributed by atoms with Crippen molar-refractivity contribution >= 4 is 11.7 Å². The predicted octanol–water partition coefficient (Wildman–Crippen LogP) is 6.79. The van der Waals surface area contributed by atoms with Gasteiger partial charge in [0, 0.05) is 12.1 Å². The zero-order valence-corrected chi connectivity index (χ0v) is 20.3. The summed E-state index contributed by atoms with van der Waals surface area (Å²) < 4.78 is 5.93. The van der Waals surface area contributed by atoms with Gasteiger partial charge in [0.25, 0.3) is 5.91 Å². The normalized spacial score (nSPS) is 16.5. The zero-order valence-electron chi connectivity index (χ0n) is 20.3. The Morgan fingerprint density at radius 2 is 1.62 bits per heavy atom. The van der Waals surface area contributed by atoms with Crippen LogP contribution in [-0.4, -0.2) is 10.9 Å². The maximum absolute atomic E-state index is 12.7. The van der Waals surface area contributed by atoms with E-state index in [1.807, 2.05) is 32.0 Å². The van der Waals surface area contributed by atoms with Crippen LogP contribution in [0.5, 0.6) is 0 Å². The number of rotatable bonds is 4. The van der Waals surface area contributed by atoms with Crippen LogP contribution < -0.4 is 5.32 Å². The summed E-state index contributed by atoms with van der Waals surface area (Å²) in [6.07, 6.45) is 3.06. The number of nitrogens with zero attached hydrogens (tertiary/aromatic N) is 1. The maximum Gasteiger partial charge on any atom is 0.292 e. The van der Waals surface area contributed by atoms with Gasteiger partial charge in [0.2, 0.25) is 0 Å². The molecule has 3 aromatic rings. The topological polar surface area (TPSA) is 55.1 Å². The number of aromatic nitrogens is 1. The summed E-state index contributed by atoms with van der Waals surface area (Å²) >= 11 is 0. The SMILES string of the molecule is Cc1cc(C)nc(NC(=O)c2ccc(Cc3cc4c(cc3C)C(C)(C)CCC4(C)C)o2)c1. The zero-order chi connectivity index (χ0) is 23.3. The molecule has 1 aromatic carbocycles. The first-order chi connectivity index (χ1) is 14.9. The second kappa shape index (κ2) is 7.91. The fraction of sp³-hybridized carbons (Fsp3) is 0.429. The van der Waals surface area contributed by atoms with Crippen LogP contribution in [-0.2, 0) is 17.3 Å². The molecule has 0 bridgehead atoms. The predicted molar refractivity (Wildman–Crippen MR) is 130 cm³/mol. The minimum absolute atomic E-state index is 0.167. The molecule has 0 radical (unpaired) electrons. The molecule has 0 unspecified atom stereocenters. The molecule has 4 heteroatoms. The van der Waals surface area contributed by atoms with Gasteiger partial charge in [0.05, 0.1) is 0 Å². The molecule has 1 aliphatic rings. The van der Waals surface area contributed by atoms with E-state index in [0.29, 0.717) is 18.0 Å². The van der Waals surface area contributed by atoms with Crippen LogP contribution in [0.4, 0.5) is 5.82 Å². The fourth-order valence-corrected chi connectivity index (χ4v) is 4.82. The highest BCUT2D eigenvalue weighted by atomic mass is 16.3. The monoisotopic (exact) mass is 430 g/mol. The Balaban J connectivity index is 1.57. The Hall–Kier alpha value is -2.88. The van der Waals surface area contributed by atoms with Crippen LogP contribution in [0.1, 0.15) is 90.4 Å². The van der Waals surface area contributed by atoms with Gasteiger partial charge in [0.1, 0.15) is 11.6 Å². The Morgan fingerprint density at radius 1 is 0.969 bits per heavy atom. The van der Waals surface area contributed by atoms with E-state index in [9.17, 15) is 4.79 Å². The van der Waals surface area contributed by atoms with Crippen molar-refractivity contribution in [1.82, 2.24) is 4.98 Å². The minimum Gasteiger partial charge on any atom is -0.456 e. The van der Waals surface area contributed by atoms with Gasteiger partial charge >= 0.3 is 0 Å². The van der Waals surface area contributed by atoms with Gasteiger partial charge in [-0.05, 0) is 96.5 Å². The molecule has 0 spiro atoms. The van der Waals surface area contributed by atoms with E-state index in [-0.39, 0.29) is 16.7 Å². The number of amides is 1. The molecule has 1 amide bonds. The van der Waals surface area contributed by atoms with Crippen molar-refractivity contribution in [1.29, 1.82) is 0 Å². The van der Waals surface area contributed by atoms with E-state index < -0.39 is 0 Å². The van der Waals surface area contributed by atoms with Crippen molar-refractivity contribution in [2.24, 2.45) is 0 Å². The summed E-state index contributed by atoms with van der Waals surface area (Å²) in [5.74, 6) is 1.36. The van der Waals surface area contributed by atoms with Gasteiger partial charge in [-0.1, -0.05) is 39.8 Å². The van der Waals surface area contributed by atoms with Crippen molar-refractivity contribution in [2.75, 3.05) is 5.32 Å². The number of carbonyl (C=O) groups excluding carboxylic acids is 1. The first kappa shape index (κ1) is 22.3. The molecule has 1 N–H and O–H groups in total. The number of fused-ring (bicyclic) bond motifs is 1. The molecule has 0 saturated carbocycles. The largest absolute Gasteiger partial charge is 0.456 e. The summed E-state index contributed by atoms with van der Waals surface area (Å²) in [6.45, 7) is 15.5. The van der Waals surface area contributed by atoms with Gasteiger partial charge in [-0.3, -0.25) is 4.79 Å². The van der Waals surface area contributed by atoms with E-state index in [0.717, 1.165) is 17.0 Å². The van der Waals surface area contributed by atoms with Crippen LogP contribution in [0.25, 0.3) is 0 Å². The summed E-state index contributed by atoms with van der Waals surface area (Å²) in [7, 11) is 0. The number of aryl methyl sites for hydroxylation is 3. The molecule has 0 atom stereocenters. The van der Waals surface area contributed by atoms with E-state index in [4.69, 9.17) is 4.42 Å². The number of hydrogen-bond donors (Lipinski definition) is 1. The molecule has 1 aliphatic carbocycles. The van der Waals surface area contributed by atoms with Crippen molar-refractivity contribution in [3.05, 3.63) is 81.4 Å². The fourth-order valence-electron chi connectivity index (χ4n) is 4.82. The Morgan fingerprint density at radius 3 is 2.28 bits per heavy atom. The molecular formula is C28H34N2O2. The number of hydrogen-bond acceptors (Lipinski definition) is 3. The number of pyridine rings is 1. The second-order valence-electron chi connectivity index (χ2n) is 10.7. The number of anilines is 1. The molecule has 0 saturated heterocycles. The average molecular weight is 431 g/mol. The number of benzene rings is 1. The smallest absolute Gasteiger partial charge is 0.292 e. The maximum atomic E-state index is 12.7. The molecule has 2 aromatic heterocycles. The van der Waals surface area contributed by atoms with Crippen LogP contribution in [0.2, 0.25) is 0 Å². The van der Waals surface area contributed by atoms with Crippen LogP contribution in [0.15, 0.2) is 40.8 Å². The van der Waals surface area contributed by atoms with Crippen LogP contribution in [0, 0.1) is 20.8 Å². The average Bonchev–Trinajstić information content (AvgIpc) is 3.15. The lowest BCUT2D eigenvalue weighted by Crippen LogP contribution is -2.34. The highest BCUT2D eigenvalue weighted by molar-refractivity contribution is 6.01. The molecule has 32 heavy (non-hydrogen) atoms. The van der Waals surface area contributed by atoms with Crippen molar-refractivity contribution in [3.8, 4) is 0 Å². The van der Waals surface area contributed by atoms with Gasteiger partial charge in [-0.25, -0.2) is 4.98 Å². The molecular weight excluding hydrogens is 396 g/mol. The Labute approximate surface area is 191 Å². The third-order valence-corrected chi connectivity index (χ3v) is 6.90. The summed E-state index contributed by atoms with van der Waals surface area (Å²) in [6, 6.07) is 12.2. The Kier molecular flexibility index (Phi) is 5.52. The minimum atomic E-state index is -0.279. The summed E-state index contributed by atoms with van der Waals surface area (Å²) in [5, 5.41) is 2.85. The standard InChI is InChI=1S/C28H34N2O2/c1-17-12-19(3)29-25(13-17)30-26(31)24-9-8-21(32-24)15-20-16-23-22(14-18(20)2)27(4,5)10-11-28(23,6)7/h8-9,12-14,16H,10-11,15H2,1-7H3,(H,29,30,31). The number of carbonyl (C=O) groups is 1. The van der Waals surface area contributed by atoms with Gasteiger partial charge in [-0.15, -0.1) is 0 Å². The lowest BCUT2D eigenvalue weighted by molar-refractivity contribution is 0.0994. The molecule has 168 valence electrons. The lowest BCUT2D eigenvalue weighted by Gasteiger charge is -2.42. The van der Waals surface area contributed by atoms with Gasteiger partial charge in [-0.2, -0.15) is 0 Å². The lowest BCUT2D eigenvalue weighted by atomic mass is 9.62. The van der Waals surface area contributed by atoms with E-state index in [1.165, 1.54) is 35.1 Å². The first-order valence-electron chi connectivity index (χ1n) is 11.4. The molecule has 0 aliphatic heterocycles. The first-order valence-corrected chi connectivity index (χ1v) is 11.4. The highest BCUT2D eigenvalue weighted by Crippen LogP contribution is 2.46. The molecule has 4 nitrogen and oxygen atoms in total. The van der Waals surface area contributed by atoms with Crippen LogP contribution >= 0.6 is 0 Å². The summed E-state index contributed by atoms with van der Waals surface area (Å²) in [5.41, 5.74) is 7.74. The van der Waals surface area contributed by atoms with Gasteiger partial charge in [0.15, 0.2) is 5.76 Å². The van der Waals surface area contributed by atoms with Crippen molar-refractivity contribution in [2.45, 2.75) is 78.6 Å². The molecule has 0 fully saturated rings. The van der Waals surface area contributed by atoms with Crippen LogP contribution in [0.3, 0.4) is 0 Å². The molecule has 2 heterocycles. The van der Waals surface area contributed by atoms with E-state index in [2.05, 4.69) is 57.1 Å². The van der Waals surface area contributed by atoms with Crippen molar-refractivity contribution < 1.29 is 9.21 Å².